The maximum absolute atomic E-state index is 12.4. The molecule has 0 unspecified atom stereocenters. The van der Waals surface area contributed by atoms with Crippen molar-refractivity contribution in [2.75, 3.05) is 5.32 Å². The largest absolute Gasteiger partial charge is 0.416 e. The molecule has 0 aliphatic rings. The number of nitrogens with one attached hydrogen (secondary N) is 1. The molecular weight excluding hydrogens is 297 g/mol. The Hall–Kier alpha value is -2.22. The summed E-state index contributed by atoms with van der Waals surface area (Å²) in [6.45, 7) is 0. The first-order chi connectivity index (χ1) is 9.36. The number of aromatic nitrogens is 3. The van der Waals surface area contributed by atoms with E-state index in [0.29, 0.717) is 0 Å². The van der Waals surface area contributed by atoms with Gasteiger partial charge in [-0.25, -0.2) is 9.97 Å². The van der Waals surface area contributed by atoms with Crippen molar-refractivity contribution in [2.24, 2.45) is 0 Å². The van der Waals surface area contributed by atoms with Crippen molar-refractivity contribution < 1.29 is 18.0 Å². The highest BCUT2D eigenvalue weighted by Crippen LogP contribution is 2.29. The van der Waals surface area contributed by atoms with Gasteiger partial charge in [0.05, 0.1) is 5.56 Å². The Morgan fingerprint density at radius 2 is 1.80 bits per heavy atom. The number of hydrogen-bond acceptors (Lipinski definition) is 4. The Morgan fingerprint density at radius 1 is 1.15 bits per heavy atom. The first-order valence-electron chi connectivity index (χ1n) is 5.19. The third-order valence-corrected chi connectivity index (χ3v) is 2.42. The summed E-state index contributed by atoms with van der Waals surface area (Å²) in [5.41, 5.74) is -0.799. The number of amides is 1. The minimum atomic E-state index is -4.45. The second kappa shape index (κ2) is 5.41. The smallest absolute Gasteiger partial charge is 0.290 e. The van der Waals surface area contributed by atoms with Crippen molar-refractivity contribution in [1.29, 1.82) is 0 Å². The lowest BCUT2D eigenvalue weighted by Gasteiger charge is -2.07. The van der Waals surface area contributed by atoms with Crippen molar-refractivity contribution in [3.8, 4) is 0 Å². The Balaban J connectivity index is 2.14. The minimum Gasteiger partial charge on any atom is -0.290 e. The van der Waals surface area contributed by atoms with Crippen molar-refractivity contribution in [3.63, 3.8) is 0 Å². The van der Waals surface area contributed by atoms with E-state index in [9.17, 15) is 18.0 Å². The molecule has 9 heteroatoms. The van der Waals surface area contributed by atoms with Gasteiger partial charge in [0.2, 0.25) is 11.2 Å². The molecule has 0 spiro atoms. The van der Waals surface area contributed by atoms with Gasteiger partial charge in [0, 0.05) is 5.56 Å². The monoisotopic (exact) mass is 302 g/mol. The molecule has 0 bridgehead atoms. The second-order valence-electron chi connectivity index (χ2n) is 3.61. The molecule has 0 aliphatic heterocycles. The maximum Gasteiger partial charge on any atom is 0.416 e. The molecule has 1 N–H and O–H groups in total. The van der Waals surface area contributed by atoms with Gasteiger partial charge in [0.1, 0.15) is 6.33 Å². The molecule has 1 heterocycles. The molecule has 1 aromatic carbocycles. The summed E-state index contributed by atoms with van der Waals surface area (Å²) in [5, 5.41) is 2.18. The van der Waals surface area contributed by atoms with Crippen molar-refractivity contribution in [2.45, 2.75) is 6.18 Å². The van der Waals surface area contributed by atoms with Gasteiger partial charge in [-0.3, -0.25) is 10.1 Å². The van der Waals surface area contributed by atoms with E-state index in [-0.39, 0.29) is 16.8 Å². The number of hydrogen-bond donors (Lipinski definition) is 1. The van der Waals surface area contributed by atoms with Crippen LogP contribution in [0.3, 0.4) is 0 Å². The van der Waals surface area contributed by atoms with Crippen molar-refractivity contribution >= 4 is 23.5 Å². The fraction of sp³-hybridized carbons (Fsp3) is 0.0909. The summed E-state index contributed by atoms with van der Waals surface area (Å²) in [6.07, 6.45) is -3.35. The van der Waals surface area contributed by atoms with Crippen LogP contribution in [0.25, 0.3) is 0 Å². The molecule has 0 fully saturated rings. The number of anilines is 1. The van der Waals surface area contributed by atoms with Crippen LogP contribution in [0.5, 0.6) is 0 Å². The van der Waals surface area contributed by atoms with E-state index in [1.165, 1.54) is 0 Å². The molecular formula is C11H6ClF3N4O. The van der Waals surface area contributed by atoms with Crippen LogP contribution in [0.15, 0.2) is 30.6 Å². The van der Waals surface area contributed by atoms with Gasteiger partial charge < -0.3 is 0 Å². The normalized spacial score (nSPS) is 11.2. The summed E-state index contributed by atoms with van der Waals surface area (Å²) >= 11 is 5.51. The molecule has 0 saturated carbocycles. The number of halogens is 4. The Bertz CT molecular complexity index is 630. The van der Waals surface area contributed by atoms with Gasteiger partial charge >= 0.3 is 6.18 Å². The first kappa shape index (κ1) is 14.2. The lowest BCUT2D eigenvalue weighted by Crippen LogP contribution is -2.15. The molecule has 2 rings (SSSR count). The van der Waals surface area contributed by atoms with Gasteiger partial charge in [-0.1, -0.05) is 0 Å². The highest BCUT2D eigenvalue weighted by Gasteiger charge is 2.30. The molecule has 1 aromatic heterocycles. The zero-order chi connectivity index (χ0) is 14.8. The molecule has 5 nitrogen and oxygen atoms in total. The van der Waals surface area contributed by atoms with Crippen LogP contribution in [-0.4, -0.2) is 20.9 Å². The van der Waals surface area contributed by atoms with Crippen LogP contribution in [0.1, 0.15) is 15.9 Å². The van der Waals surface area contributed by atoms with Gasteiger partial charge in [-0.05, 0) is 35.9 Å². The second-order valence-corrected chi connectivity index (χ2v) is 3.95. The highest BCUT2D eigenvalue weighted by molar-refractivity contribution is 6.28. The molecule has 104 valence electrons. The van der Waals surface area contributed by atoms with Crippen molar-refractivity contribution in [3.05, 3.63) is 47.0 Å². The van der Waals surface area contributed by atoms with Crippen LogP contribution < -0.4 is 5.32 Å². The average molecular weight is 303 g/mol. The maximum atomic E-state index is 12.4. The molecule has 0 saturated heterocycles. The van der Waals surface area contributed by atoms with Crippen LogP contribution >= 0.6 is 11.6 Å². The quantitative estimate of drug-likeness (QED) is 0.926. The van der Waals surface area contributed by atoms with E-state index in [4.69, 9.17) is 11.6 Å². The van der Waals surface area contributed by atoms with Crippen LogP contribution in [0.4, 0.5) is 19.1 Å². The predicted octanol–water partition coefficient (Wildman–Crippen LogP) is 2.80. The summed E-state index contributed by atoms with van der Waals surface area (Å²) in [4.78, 5) is 22.5. The standard InChI is InChI=1S/C11H6ClF3N4O/c12-9-16-5-17-10(19-9)18-8(20)6-1-3-7(4-2-6)11(13,14)15/h1-5H,(H,16,17,18,19,20). The Labute approximate surface area is 115 Å². The lowest BCUT2D eigenvalue weighted by atomic mass is 10.1. The Kier molecular flexibility index (Phi) is 3.84. The van der Waals surface area contributed by atoms with E-state index < -0.39 is 17.6 Å². The topological polar surface area (TPSA) is 67.8 Å². The zero-order valence-corrected chi connectivity index (χ0v) is 10.4. The number of carbonyl (C=O) groups is 1. The summed E-state index contributed by atoms with van der Waals surface area (Å²) in [7, 11) is 0. The summed E-state index contributed by atoms with van der Waals surface area (Å²) in [6, 6.07) is 3.74. The lowest BCUT2D eigenvalue weighted by molar-refractivity contribution is -0.137. The number of alkyl halides is 3. The fourth-order valence-electron chi connectivity index (χ4n) is 1.32. The van der Waals surface area contributed by atoms with E-state index in [1.54, 1.807) is 0 Å². The van der Waals surface area contributed by atoms with Crippen molar-refractivity contribution in [1.82, 2.24) is 15.0 Å². The predicted molar refractivity (Wildman–Crippen MR) is 64.2 cm³/mol. The zero-order valence-electron chi connectivity index (χ0n) is 9.65. The molecule has 0 atom stereocenters. The van der Waals surface area contributed by atoms with Crippen LogP contribution in [0, 0.1) is 0 Å². The fourth-order valence-corrected chi connectivity index (χ4v) is 1.44. The summed E-state index contributed by atoms with van der Waals surface area (Å²) in [5.74, 6) is -0.740. The number of benzene rings is 1. The van der Waals surface area contributed by atoms with Gasteiger partial charge in [-0.15, -0.1) is 0 Å². The van der Waals surface area contributed by atoms with E-state index in [2.05, 4.69) is 20.3 Å². The third kappa shape index (κ3) is 3.41. The molecule has 0 radical (unpaired) electrons. The van der Waals surface area contributed by atoms with E-state index in [1.807, 2.05) is 0 Å². The van der Waals surface area contributed by atoms with Crippen LogP contribution in [0.2, 0.25) is 5.28 Å². The average Bonchev–Trinajstić information content (AvgIpc) is 2.38. The Morgan fingerprint density at radius 3 is 2.35 bits per heavy atom. The first-order valence-corrected chi connectivity index (χ1v) is 5.57. The molecule has 20 heavy (non-hydrogen) atoms. The van der Waals surface area contributed by atoms with Gasteiger partial charge in [0.25, 0.3) is 5.91 Å². The number of rotatable bonds is 2. The minimum absolute atomic E-state index is 0.0366. The van der Waals surface area contributed by atoms with E-state index in [0.717, 1.165) is 30.6 Å². The molecule has 0 aliphatic carbocycles. The van der Waals surface area contributed by atoms with Gasteiger partial charge in [-0.2, -0.15) is 18.2 Å². The SMILES string of the molecule is O=C(Nc1ncnc(Cl)n1)c1ccc(C(F)(F)F)cc1. The molecule has 1 amide bonds. The third-order valence-electron chi connectivity index (χ3n) is 2.24. The van der Waals surface area contributed by atoms with Gasteiger partial charge in [0.15, 0.2) is 0 Å². The molecule has 2 aromatic rings. The highest BCUT2D eigenvalue weighted by atomic mass is 35.5. The number of carbonyl (C=O) groups excluding carboxylic acids is 1. The van der Waals surface area contributed by atoms with E-state index >= 15 is 0 Å². The number of nitrogens with zero attached hydrogens (tertiary/aromatic N) is 3. The van der Waals surface area contributed by atoms with Crippen LogP contribution in [-0.2, 0) is 6.18 Å². The summed E-state index contributed by atoms with van der Waals surface area (Å²) < 4.78 is 37.1.